The Morgan fingerprint density at radius 3 is 1.30 bits per heavy atom. The zero-order valence-corrected chi connectivity index (χ0v) is 39.5. The molecule has 61 heavy (non-hydrogen) atoms. The first-order chi connectivity index (χ1) is 29.6. The van der Waals surface area contributed by atoms with Crippen LogP contribution in [0.15, 0.2) is 85.1 Å². The fraction of sp³-hybridized carbons (Fsp3) is 0.679. The lowest BCUT2D eigenvalue weighted by atomic mass is 10.0. The summed E-state index contributed by atoms with van der Waals surface area (Å²) in [5.74, 6) is -1.79. The first kappa shape index (κ1) is 57.5. The topological polar surface area (TPSA) is 102 Å². The van der Waals surface area contributed by atoms with Gasteiger partial charge in [-0.25, -0.2) is 0 Å². The number of carbonyl (C=O) groups is 3. The molecule has 0 aliphatic carbocycles. The van der Waals surface area contributed by atoms with Gasteiger partial charge in [0.15, 0.2) is 6.10 Å². The molecule has 2 unspecified atom stereocenters. The maximum atomic E-state index is 12.7. The van der Waals surface area contributed by atoms with Crippen LogP contribution in [0.1, 0.15) is 181 Å². The Hall–Kier alpha value is -3.49. The van der Waals surface area contributed by atoms with Crippen molar-refractivity contribution in [3.8, 4) is 0 Å². The number of rotatable bonds is 42. The highest BCUT2D eigenvalue weighted by molar-refractivity contribution is 5.70. The molecule has 0 amide bonds. The van der Waals surface area contributed by atoms with Crippen molar-refractivity contribution in [3.05, 3.63) is 85.1 Å². The number of quaternary nitrogens is 1. The standard InChI is InChI=1S/C53H89NO7/c1-6-8-10-12-14-16-18-20-22-24-25-26-27-28-30-31-33-35-37-39-41-43-51(55)60-48-49(47-59-46-45-50(53(57)58)54(3,4)5)61-52(56)44-42-40-38-36-34-32-29-23-21-19-17-15-13-11-9-7-2/h8-11,14-17,20-23,32,34,49-50H,6-7,12-13,18-19,24-31,33,35-48H2,1-5H3/b10-8+,11-9+,16-14+,17-15+,22-20+,23-21+,34-32+. The van der Waals surface area contributed by atoms with Crippen molar-refractivity contribution in [1.82, 2.24) is 0 Å². The first-order valence-electron chi connectivity index (χ1n) is 24.1. The highest BCUT2D eigenvalue weighted by Crippen LogP contribution is 2.14. The molecule has 0 rings (SSSR count). The van der Waals surface area contributed by atoms with Crippen LogP contribution in [0.2, 0.25) is 0 Å². The highest BCUT2D eigenvalue weighted by Gasteiger charge is 2.25. The molecule has 0 radical (unpaired) electrons. The number of likely N-dealkylation sites (N-methyl/N-ethyl adjacent to an activating group) is 1. The van der Waals surface area contributed by atoms with E-state index in [0.717, 1.165) is 83.5 Å². The Morgan fingerprint density at radius 1 is 0.492 bits per heavy atom. The molecule has 0 N–H and O–H groups in total. The zero-order valence-electron chi connectivity index (χ0n) is 39.5. The third-order valence-electron chi connectivity index (χ3n) is 10.3. The van der Waals surface area contributed by atoms with Crippen LogP contribution < -0.4 is 5.11 Å². The number of carboxylic acid groups (broad SMARTS) is 1. The summed E-state index contributed by atoms with van der Waals surface area (Å²) in [6.07, 6.45) is 56.1. The maximum Gasteiger partial charge on any atom is 0.306 e. The van der Waals surface area contributed by atoms with Gasteiger partial charge in [-0.1, -0.05) is 163 Å². The number of ether oxygens (including phenoxy) is 3. The molecular weight excluding hydrogens is 763 g/mol. The molecule has 0 saturated carbocycles. The molecule has 0 aromatic heterocycles. The number of allylic oxidation sites excluding steroid dienone is 14. The molecule has 0 heterocycles. The molecule has 348 valence electrons. The smallest absolute Gasteiger partial charge is 0.306 e. The minimum Gasteiger partial charge on any atom is -0.544 e. The summed E-state index contributed by atoms with van der Waals surface area (Å²) in [7, 11) is 5.39. The minimum atomic E-state index is -1.13. The van der Waals surface area contributed by atoms with E-state index >= 15 is 0 Å². The summed E-state index contributed by atoms with van der Waals surface area (Å²) in [4.78, 5) is 37.0. The summed E-state index contributed by atoms with van der Waals surface area (Å²) in [6, 6.07) is -0.736. The van der Waals surface area contributed by atoms with Crippen LogP contribution in [0.3, 0.4) is 0 Å². The number of hydrogen-bond acceptors (Lipinski definition) is 7. The van der Waals surface area contributed by atoms with Crippen LogP contribution >= 0.6 is 0 Å². The van der Waals surface area contributed by atoms with Gasteiger partial charge in [0.2, 0.25) is 0 Å². The van der Waals surface area contributed by atoms with Gasteiger partial charge in [-0.3, -0.25) is 9.59 Å². The highest BCUT2D eigenvalue weighted by atomic mass is 16.6. The SMILES string of the molecule is CC/C=C/C/C=C/C/C=C/C/C=C/CCCCCC(=O)OC(COCCC(C(=O)[O-])[N+](C)(C)C)COC(=O)CCCCCCCCCCCCC/C=C/C/C=C/C/C=C/CC. The number of unbranched alkanes of at least 4 members (excludes halogenated alkanes) is 14. The quantitative estimate of drug-likeness (QED) is 0.0261. The first-order valence-corrected chi connectivity index (χ1v) is 24.1. The average Bonchev–Trinajstić information content (AvgIpc) is 3.22. The third kappa shape index (κ3) is 41.6. The second-order valence-electron chi connectivity index (χ2n) is 16.9. The van der Waals surface area contributed by atoms with Gasteiger partial charge >= 0.3 is 11.9 Å². The largest absolute Gasteiger partial charge is 0.544 e. The van der Waals surface area contributed by atoms with Crippen molar-refractivity contribution in [2.75, 3.05) is 41.0 Å². The molecule has 8 heteroatoms. The van der Waals surface area contributed by atoms with E-state index < -0.39 is 18.1 Å². The van der Waals surface area contributed by atoms with Gasteiger partial charge in [0, 0.05) is 19.3 Å². The summed E-state index contributed by atoms with van der Waals surface area (Å²) in [5.41, 5.74) is 0. The lowest BCUT2D eigenvalue weighted by Gasteiger charge is -2.34. The molecule has 0 aliphatic rings. The van der Waals surface area contributed by atoms with Crippen LogP contribution in [-0.2, 0) is 28.6 Å². The third-order valence-corrected chi connectivity index (χ3v) is 10.3. The molecule has 2 atom stereocenters. The van der Waals surface area contributed by atoms with Crippen LogP contribution in [0.4, 0.5) is 0 Å². The monoisotopic (exact) mass is 852 g/mol. The van der Waals surface area contributed by atoms with Crippen LogP contribution in [0.5, 0.6) is 0 Å². The Labute approximate surface area is 373 Å². The van der Waals surface area contributed by atoms with E-state index in [1.165, 1.54) is 57.8 Å². The normalized spacial score (nSPS) is 13.7. The van der Waals surface area contributed by atoms with Gasteiger partial charge in [0.05, 0.1) is 40.3 Å². The maximum absolute atomic E-state index is 12.7. The molecule has 0 fully saturated rings. The molecule has 0 saturated heterocycles. The Balaban J connectivity index is 4.31. The summed E-state index contributed by atoms with van der Waals surface area (Å²) >= 11 is 0. The lowest BCUT2D eigenvalue weighted by Crippen LogP contribution is -2.55. The Morgan fingerprint density at radius 2 is 0.869 bits per heavy atom. The summed E-state index contributed by atoms with van der Waals surface area (Å²) in [6.45, 7) is 4.40. The fourth-order valence-electron chi connectivity index (χ4n) is 6.61. The minimum absolute atomic E-state index is 0.0227. The van der Waals surface area contributed by atoms with Gasteiger partial charge < -0.3 is 28.6 Å². The zero-order chi connectivity index (χ0) is 44.9. The summed E-state index contributed by atoms with van der Waals surface area (Å²) < 4.78 is 17.2. The van der Waals surface area contributed by atoms with E-state index in [1.54, 1.807) is 21.1 Å². The summed E-state index contributed by atoms with van der Waals surface area (Å²) in [5, 5.41) is 11.6. The molecule has 0 aliphatic heterocycles. The van der Waals surface area contributed by atoms with Gasteiger partial charge in [-0.2, -0.15) is 0 Å². The van der Waals surface area contributed by atoms with Gasteiger partial charge in [-0.15, -0.1) is 0 Å². The fourth-order valence-corrected chi connectivity index (χ4v) is 6.61. The Kier molecular flexibility index (Phi) is 40.7. The number of carboxylic acids is 1. The van der Waals surface area contributed by atoms with Crippen molar-refractivity contribution < 1.29 is 38.2 Å². The van der Waals surface area contributed by atoms with Crippen LogP contribution in [-0.4, -0.2) is 75.5 Å². The second-order valence-corrected chi connectivity index (χ2v) is 16.9. The van der Waals surface area contributed by atoms with Gasteiger partial charge in [0.1, 0.15) is 12.6 Å². The van der Waals surface area contributed by atoms with Crippen LogP contribution in [0.25, 0.3) is 0 Å². The lowest BCUT2D eigenvalue weighted by molar-refractivity contribution is -0.889. The molecule has 0 bridgehead atoms. The average molecular weight is 852 g/mol. The van der Waals surface area contributed by atoms with Gasteiger partial charge in [-0.05, 0) is 83.5 Å². The van der Waals surface area contributed by atoms with Crippen molar-refractivity contribution in [1.29, 1.82) is 0 Å². The number of esters is 2. The van der Waals surface area contributed by atoms with E-state index in [1.807, 2.05) is 0 Å². The van der Waals surface area contributed by atoms with Crippen LogP contribution in [0, 0.1) is 0 Å². The van der Waals surface area contributed by atoms with Crippen molar-refractivity contribution in [2.45, 2.75) is 193 Å². The number of carbonyl (C=O) groups excluding carboxylic acids is 3. The van der Waals surface area contributed by atoms with Crippen molar-refractivity contribution in [2.24, 2.45) is 0 Å². The molecule has 0 spiro atoms. The number of nitrogens with zero attached hydrogens (tertiary/aromatic N) is 1. The van der Waals surface area contributed by atoms with E-state index in [2.05, 4.69) is 98.9 Å². The Bertz CT molecular complexity index is 1270. The van der Waals surface area contributed by atoms with E-state index in [-0.39, 0.29) is 49.1 Å². The predicted octanol–water partition coefficient (Wildman–Crippen LogP) is 12.4. The predicted molar refractivity (Wildman–Crippen MR) is 254 cm³/mol. The van der Waals surface area contributed by atoms with Gasteiger partial charge in [0.25, 0.3) is 0 Å². The number of aliphatic carboxylic acids is 1. The molecule has 0 aromatic carbocycles. The van der Waals surface area contributed by atoms with E-state index in [0.29, 0.717) is 12.8 Å². The molecular formula is C53H89NO7. The second kappa shape index (κ2) is 43.2. The van der Waals surface area contributed by atoms with Crippen molar-refractivity contribution >= 4 is 17.9 Å². The van der Waals surface area contributed by atoms with Crippen molar-refractivity contribution in [3.63, 3.8) is 0 Å². The number of hydrogen-bond donors (Lipinski definition) is 0. The van der Waals surface area contributed by atoms with E-state index in [4.69, 9.17) is 14.2 Å². The van der Waals surface area contributed by atoms with E-state index in [9.17, 15) is 19.5 Å². The molecule has 8 nitrogen and oxygen atoms in total. The molecule has 0 aromatic rings.